The van der Waals surface area contributed by atoms with Crippen LogP contribution in [-0.4, -0.2) is 20.5 Å². The Kier molecular flexibility index (Phi) is 8.85. The summed E-state index contributed by atoms with van der Waals surface area (Å²) in [4.78, 5) is 0. The van der Waals surface area contributed by atoms with E-state index in [2.05, 4.69) is 18.8 Å². The molecular weight excluding hydrogens is 279 g/mol. The number of hydrogen-bond donors (Lipinski definition) is 1. The Balaban J connectivity index is 3.61. The molecule has 112 valence electrons. The summed E-state index contributed by atoms with van der Waals surface area (Å²) >= 11 is 0. The highest BCUT2D eigenvalue weighted by atomic mass is 32.2. The van der Waals surface area contributed by atoms with Crippen molar-refractivity contribution in [2.45, 2.75) is 57.4 Å². The molecule has 0 aromatic rings. The van der Waals surface area contributed by atoms with Gasteiger partial charge in [0.1, 0.15) is 0 Å². The van der Waals surface area contributed by atoms with Crippen LogP contribution in [0.15, 0.2) is 0 Å². The van der Waals surface area contributed by atoms with Crippen molar-refractivity contribution < 1.29 is 21.6 Å². The average molecular weight is 299 g/mol. The lowest BCUT2D eigenvalue weighted by atomic mass is 10.2. The van der Waals surface area contributed by atoms with Gasteiger partial charge in [-0.05, 0) is 19.3 Å². The summed E-state index contributed by atoms with van der Waals surface area (Å²) in [5.41, 5.74) is -5.23. The normalized spacial score (nSPS) is 12.0. The van der Waals surface area contributed by atoms with E-state index in [4.69, 9.17) is 0 Å². The van der Waals surface area contributed by atoms with Gasteiger partial charge in [-0.2, -0.15) is 13.2 Å². The molecule has 0 aliphatic carbocycles. The fourth-order valence-electron chi connectivity index (χ4n) is 1.27. The maximum atomic E-state index is 11.9. The molecule has 0 saturated heterocycles. The zero-order valence-corrected chi connectivity index (χ0v) is 11.8. The molecule has 0 fully saturated rings. The van der Waals surface area contributed by atoms with Gasteiger partial charge in [-0.15, -0.1) is 11.8 Å². The molecule has 0 rings (SSSR count). The van der Waals surface area contributed by atoms with Crippen LogP contribution in [0.1, 0.15) is 51.9 Å². The van der Waals surface area contributed by atoms with Gasteiger partial charge in [0.2, 0.25) is 0 Å². The molecule has 0 atom stereocenters. The summed E-state index contributed by atoms with van der Waals surface area (Å²) < 4.78 is 58.6. The molecule has 3 nitrogen and oxygen atoms in total. The number of sulfonamides is 1. The molecule has 0 spiro atoms. The molecule has 0 aliphatic heterocycles. The summed E-state index contributed by atoms with van der Waals surface area (Å²) in [6, 6.07) is 0. The quantitative estimate of drug-likeness (QED) is 0.553. The van der Waals surface area contributed by atoms with Crippen molar-refractivity contribution in [2.24, 2.45) is 0 Å². The molecule has 0 amide bonds. The summed E-state index contributed by atoms with van der Waals surface area (Å²) in [6.45, 7) is 1.90. The van der Waals surface area contributed by atoms with Gasteiger partial charge in [0.25, 0.3) is 0 Å². The number of halogens is 3. The smallest absolute Gasteiger partial charge is 0.207 e. The third kappa shape index (κ3) is 8.89. The van der Waals surface area contributed by atoms with E-state index in [0.29, 0.717) is 19.3 Å². The standard InChI is InChI=1S/C12H20F3NO2S/c1-2-3-4-5-6-7-8-9-10-11-16-19(17,18)12(13,14)15/h16H,2-5,8-11H2,1H3. The Morgan fingerprint density at radius 1 is 1.00 bits per heavy atom. The molecule has 19 heavy (non-hydrogen) atoms. The lowest BCUT2D eigenvalue weighted by Crippen LogP contribution is -2.36. The third-order valence-corrected chi connectivity index (χ3v) is 3.55. The molecule has 0 unspecified atom stereocenters. The third-order valence-electron chi connectivity index (χ3n) is 2.36. The number of alkyl halides is 3. The van der Waals surface area contributed by atoms with Gasteiger partial charge in [0, 0.05) is 19.4 Å². The molecule has 0 aromatic heterocycles. The second kappa shape index (κ2) is 9.21. The van der Waals surface area contributed by atoms with E-state index in [1.54, 1.807) is 0 Å². The largest absolute Gasteiger partial charge is 0.511 e. The fourth-order valence-corrected chi connectivity index (χ4v) is 1.84. The van der Waals surface area contributed by atoms with E-state index in [9.17, 15) is 21.6 Å². The molecule has 7 heteroatoms. The van der Waals surface area contributed by atoms with Crippen molar-refractivity contribution in [1.82, 2.24) is 4.72 Å². The topological polar surface area (TPSA) is 46.2 Å². The van der Waals surface area contributed by atoms with E-state index in [-0.39, 0.29) is 6.54 Å². The molecule has 0 saturated carbocycles. The van der Waals surface area contributed by atoms with Crippen LogP contribution >= 0.6 is 0 Å². The summed E-state index contributed by atoms with van der Waals surface area (Å²) in [5, 5.41) is 0. The number of hydrogen-bond acceptors (Lipinski definition) is 2. The second-order valence-corrected chi connectivity index (χ2v) is 5.87. The number of nitrogens with one attached hydrogen (secondary N) is 1. The van der Waals surface area contributed by atoms with Gasteiger partial charge in [-0.3, -0.25) is 0 Å². The maximum Gasteiger partial charge on any atom is 0.511 e. The Morgan fingerprint density at radius 2 is 1.53 bits per heavy atom. The fraction of sp³-hybridized carbons (Fsp3) is 0.833. The van der Waals surface area contributed by atoms with E-state index in [1.165, 1.54) is 4.72 Å². The summed E-state index contributed by atoms with van der Waals surface area (Å²) in [5.74, 6) is 5.91. The van der Waals surface area contributed by atoms with E-state index in [0.717, 1.165) is 25.7 Å². The van der Waals surface area contributed by atoms with Crippen LogP contribution in [0.2, 0.25) is 0 Å². The van der Waals surface area contributed by atoms with Crippen molar-refractivity contribution in [3.63, 3.8) is 0 Å². The van der Waals surface area contributed by atoms with Crippen molar-refractivity contribution in [2.75, 3.05) is 6.54 Å². The van der Waals surface area contributed by atoms with Gasteiger partial charge in [0.15, 0.2) is 0 Å². The van der Waals surface area contributed by atoms with Crippen LogP contribution in [0.3, 0.4) is 0 Å². The Hall–Kier alpha value is -0.740. The van der Waals surface area contributed by atoms with Crippen LogP contribution in [0.25, 0.3) is 0 Å². The molecular formula is C12H20F3NO2S. The average Bonchev–Trinajstić information content (AvgIpc) is 2.30. The molecule has 0 aliphatic rings. The first-order valence-corrected chi connectivity index (χ1v) is 7.81. The van der Waals surface area contributed by atoms with Gasteiger partial charge in [-0.25, -0.2) is 13.1 Å². The van der Waals surface area contributed by atoms with Gasteiger partial charge >= 0.3 is 15.5 Å². The predicted molar refractivity (Wildman–Crippen MR) is 68.7 cm³/mol. The number of unbranched alkanes of at least 4 members (excludes halogenated alkanes) is 5. The lowest BCUT2D eigenvalue weighted by molar-refractivity contribution is -0.0447. The van der Waals surface area contributed by atoms with Crippen LogP contribution < -0.4 is 4.72 Å². The van der Waals surface area contributed by atoms with E-state index < -0.39 is 15.5 Å². The lowest BCUT2D eigenvalue weighted by Gasteiger charge is -2.08. The maximum absolute atomic E-state index is 11.9. The highest BCUT2D eigenvalue weighted by Crippen LogP contribution is 2.21. The molecule has 0 radical (unpaired) electrons. The zero-order valence-electron chi connectivity index (χ0n) is 11.0. The van der Waals surface area contributed by atoms with Crippen LogP contribution in [0.4, 0.5) is 13.2 Å². The Bertz CT molecular complexity index is 393. The highest BCUT2D eigenvalue weighted by molar-refractivity contribution is 7.90. The first-order chi connectivity index (χ1) is 8.81. The molecule has 0 bridgehead atoms. The van der Waals surface area contributed by atoms with Crippen molar-refractivity contribution in [3.8, 4) is 11.8 Å². The molecule has 0 heterocycles. The highest BCUT2D eigenvalue weighted by Gasteiger charge is 2.45. The Labute approximate surface area is 113 Å². The van der Waals surface area contributed by atoms with Gasteiger partial charge in [0.05, 0.1) is 0 Å². The first-order valence-electron chi connectivity index (χ1n) is 6.33. The van der Waals surface area contributed by atoms with Crippen molar-refractivity contribution in [1.29, 1.82) is 0 Å². The van der Waals surface area contributed by atoms with Crippen LogP contribution in [0.5, 0.6) is 0 Å². The number of rotatable bonds is 8. The van der Waals surface area contributed by atoms with Gasteiger partial charge < -0.3 is 0 Å². The molecule has 0 aromatic carbocycles. The first kappa shape index (κ1) is 18.3. The van der Waals surface area contributed by atoms with E-state index in [1.807, 2.05) is 0 Å². The summed E-state index contributed by atoms with van der Waals surface area (Å²) in [7, 11) is -5.19. The van der Waals surface area contributed by atoms with E-state index >= 15 is 0 Å². The minimum absolute atomic E-state index is 0.209. The predicted octanol–water partition coefficient (Wildman–Crippen LogP) is 3.18. The summed E-state index contributed by atoms with van der Waals surface area (Å²) in [6.07, 6.45) is 5.71. The molecule has 1 N–H and O–H groups in total. The zero-order chi connectivity index (χ0) is 14.8. The van der Waals surface area contributed by atoms with Crippen molar-refractivity contribution >= 4 is 10.0 Å². The second-order valence-electron chi connectivity index (χ2n) is 4.11. The minimum Gasteiger partial charge on any atom is -0.207 e. The Morgan fingerprint density at radius 3 is 2.00 bits per heavy atom. The minimum atomic E-state index is -5.23. The van der Waals surface area contributed by atoms with Crippen LogP contribution in [0, 0.1) is 11.8 Å². The van der Waals surface area contributed by atoms with Gasteiger partial charge in [-0.1, -0.05) is 19.8 Å². The SMILES string of the molecule is CCCCCC#CCCCCNS(=O)(=O)C(F)(F)F. The van der Waals surface area contributed by atoms with Crippen molar-refractivity contribution in [3.05, 3.63) is 0 Å². The van der Waals surface area contributed by atoms with Crippen LogP contribution in [-0.2, 0) is 10.0 Å². The monoisotopic (exact) mass is 299 g/mol.